The lowest BCUT2D eigenvalue weighted by Gasteiger charge is -2.12. The van der Waals surface area contributed by atoms with Crippen LogP contribution < -0.4 is 10.6 Å². The van der Waals surface area contributed by atoms with Gasteiger partial charge in [0, 0.05) is 24.6 Å². The molecule has 1 unspecified atom stereocenters. The Bertz CT molecular complexity index is 585. The Morgan fingerprint density at radius 2 is 2.10 bits per heavy atom. The molecular weight excluding hydrogens is 268 g/mol. The van der Waals surface area contributed by atoms with E-state index in [0.29, 0.717) is 12.0 Å². The number of carbonyl (C=O) groups is 2. The summed E-state index contributed by atoms with van der Waals surface area (Å²) < 4.78 is 0. The zero-order valence-corrected chi connectivity index (χ0v) is 12.5. The first-order valence-corrected chi connectivity index (χ1v) is 6.72. The van der Waals surface area contributed by atoms with Crippen molar-refractivity contribution in [3.8, 4) is 11.8 Å². The number of carbonyl (C=O) groups excluding carboxylic acids is 2. The third-order valence-electron chi connectivity index (χ3n) is 2.95. The molecule has 5 nitrogen and oxygen atoms in total. The van der Waals surface area contributed by atoms with E-state index in [4.69, 9.17) is 5.11 Å². The number of rotatable bonds is 4. The Labute approximate surface area is 124 Å². The van der Waals surface area contributed by atoms with E-state index in [0.717, 1.165) is 11.1 Å². The topological polar surface area (TPSA) is 78.4 Å². The Hall–Kier alpha value is -2.32. The summed E-state index contributed by atoms with van der Waals surface area (Å²) in [7, 11) is 1.52. The normalized spacial score (nSPS) is 11.0. The van der Waals surface area contributed by atoms with Gasteiger partial charge in [-0.05, 0) is 31.5 Å². The van der Waals surface area contributed by atoms with Crippen LogP contribution in [0.25, 0.3) is 0 Å². The van der Waals surface area contributed by atoms with Crippen LogP contribution in [0.2, 0.25) is 0 Å². The van der Waals surface area contributed by atoms with Gasteiger partial charge in [0.25, 0.3) is 5.91 Å². The molecule has 1 aromatic carbocycles. The number of aryl methyl sites for hydroxylation is 1. The van der Waals surface area contributed by atoms with E-state index >= 15 is 0 Å². The molecule has 21 heavy (non-hydrogen) atoms. The average molecular weight is 288 g/mol. The van der Waals surface area contributed by atoms with Crippen molar-refractivity contribution in [2.75, 3.05) is 13.7 Å². The van der Waals surface area contributed by atoms with Crippen LogP contribution in [0, 0.1) is 18.8 Å². The minimum absolute atomic E-state index is 0.00979. The molecule has 0 radical (unpaired) electrons. The third-order valence-corrected chi connectivity index (χ3v) is 2.95. The fourth-order valence-corrected chi connectivity index (χ4v) is 1.67. The van der Waals surface area contributed by atoms with Crippen LogP contribution in [0.4, 0.5) is 0 Å². The summed E-state index contributed by atoms with van der Waals surface area (Å²) in [5, 5.41) is 13.8. The molecule has 1 aromatic rings. The van der Waals surface area contributed by atoms with E-state index < -0.39 is 6.04 Å². The maximum atomic E-state index is 12.1. The quantitative estimate of drug-likeness (QED) is 0.710. The molecule has 3 N–H and O–H groups in total. The lowest BCUT2D eigenvalue weighted by atomic mass is 10.0. The van der Waals surface area contributed by atoms with Gasteiger partial charge in [0.1, 0.15) is 6.04 Å². The van der Waals surface area contributed by atoms with Gasteiger partial charge in [0.15, 0.2) is 0 Å². The molecular formula is C16H20N2O3. The number of hydrogen-bond donors (Lipinski definition) is 3. The molecule has 1 atom stereocenters. The maximum Gasteiger partial charge on any atom is 0.251 e. The summed E-state index contributed by atoms with van der Waals surface area (Å²) in [5.41, 5.74) is 2.14. The number of amides is 2. The molecule has 112 valence electrons. The van der Waals surface area contributed by atoms with E-state index in [1.165, 1.54) is 7.05 Å². The van der Waals surface area contributed by atoms with E-state index in [2.05, 4.69) is 22.5 Å². The van der Waals surface area contributed by atoms with Gasteiger partial charge in [-0.1, -0.05) is 17.9 Å². The van der Waals surface area contributed by atoms with E-state index in [-0.39, 0.29) is 18.4 Å². The van der Waals surface area contributed by atoms with Gasteiger partial charge in [0.05, 0.1) is 6.61 Å². The van der Waals surface area contributed by atoms with Gasteiger partial charge in [-0.3, -0.25) is 9.59 Å². The molecule has 0 fully saturated rings. The van der Waals surface area contributed by atoms with Gasteiger partial charge in [-0.2, -0.15) is 0 Å². The highest BCUT2D eigenvalue weighted by Crippen LogP contribution is 2.10. The summed E-state index contributed by atoms with van der Waals surface area (Å²) in [6, 6.07) is 4.58. The molecule has 0 spiro atoms. The summed E-state index contributed by atoms with van der Waals surface area (Å²) in [6.45, 7) is 3.53. The molecule has 0 aliphatic carbocycles. The summed E-state index contributed by atoms with van der Waals surface area (Å²) >= 11 is 0. The van der Waals surface area contributed by atoms with E-state index in [1.54, 1.807) is 19.1 Å². The molecule has 5 heteroatoms. The first-order valence-electron chi connectivity index (χ1n) is 6.72. The molecule has 0 heterocycles. The van der Waals surface area contributed by atoms with Crippen molar-refractivity contribution in [3.05, 3.63) is 34.9 Å². The van der Waals surface area contributed by atoms with Crippen LogP contribution in [-0.2, 0) is 4.79 Å². The van der Waals surface area contributed by atoms with Crippen LogP contribution in [0.15, 0.2) is 18.2 Å². The molecule has 0 saturated heterocycles. The Balaban J connectivity index is 2.89. The minimum Gasteiger partial charge on any atom is -0.395 e. The second-order valence-electron chi connectivity index (χ2n) is 4.61. The fraction of sp³-hybridized carbons (Fsp3) is 0.375. The SMILES string of the molecule is CNC(=O)C(C)NC(=O)c1ccc(C)c(C#CCCO)c1. The Kier molecular flexibility index (Phi) is 6.44. The van der Waals surface area contributed by atoms with Crippen LogP contribution in [0.3, 0.4) is 0 Å². The van der Waals surface area contributed by atoms with Crippen molar-refractivity contribution in [2.24, 2.45) is 0 Å². The van der Waals surface area contributed by atoms with E-state index in [9.17, 15) is 9.59 Å². The van der Waals surface area contributed by atoms with Crippen LogP contribution in [-0.4, -0.2) is 36.6 Å². The minimum atomic E-state index is -0.604. The molecule has 0 aromatic heterocycles. The fourth-order valence-electron chi connectivity index (χ4n) is 1.67. The van der Waals surface area contributed by atoms with Crippen molar-refractivity contribution in [1.29, 1.82) is 0 Å². The standard InChI is InChI=1S/C16H20N2O3/c1-11-7-8-14(10-13(11)6-4-5-9-19)16(21)18-12(2)15(20)17-3/h7-8,10,12,19H,5,9H2,1-3H3,(H,17,20)(H,18,21). The van der Waals surface area contributed by atoms with Crippen molar-refractivity contribution in [1.82, 2.24) is 10.6 Å². The van der Waals surface area contributed by atoms with Gasteiger partial charge in [-0.25, -0.2) is 0 Å². The second kappa shape index (κ2) is 8.08. The highest BCUT2D eigenvalue weighted by atomic mass is 16.2. The van der Waals surface area contributed by atoms with Crippen LogP contribution in [0.5, 0.6) is 0 Å². The van der Waals surface area contributed by atoms with Crippen molar-refractivity contribution >= 4 is 11.8 Å². The number of aliphatic hydroxyl groups excluding tert-OH is 1. The van der Waals surface area contributed by atoms with Gasteiger partial charge in [0.2, 0.25) is 5.91 Å². The molecule has 0 saturated carbocycles. The number of benzene rings is 1. The van der Waals surface area contributed by atoms with Gasteiger partial charge < -0.3 is 15.7 Å². The zero-order chi connectivity index (χ0) is 15.8. The summed E-state index contributed by atoms with van der Waals surface area (Å²) in [4.78, 5) is 23.5. The predicted molar refractivity (Wildman–Crippen MR) is 80.8 cm³/mol. The molecule has 0 aliphatic heterocycles. The average Bonchev–Trinajstić information content (AvgIpc) is 2.48. The van der Waals surface area contributed by atoms with Crippen LogP contribution >= 0.6 is 0 Å². The van der Waals surface area contributed by atoms with Crippen molar-refractivity contribution in [2.45, 2.75) is 26.3 Å². The Morgan fingerprint density at radius 1 is 1.38 bits per heavy atom. The monoisotopic (exact) mass is 288 g/mol. The number of likely N-dealkylation sites (N-methyl/N-ethyl adjacent to an activating group) is 1. The zero-order valence-electron chi connectivity index (χ0n) is 12.5. The maximum absolute atomic E-state index is 12.1. The van der Waals surface area contributed by atoms with Gasteiger partial charge in [-0.15, -0.1) is 0 Å². The first-order chi connectivity index (χ1) is 9.99. The summed E-state index contributed by atoms with van der Waals surface area (Å²) in [6.07, 6.45) is 0.392. The predicted octanol–water partition coefficient (Wildman–Crippen LogP) is 0.593. The summed E-state index contributed by atoms with van der Waals surface area (Å²) in [5.74, 6) is 5.18. The molecule has 1 rings (SSSR count). The molecule has 2 amide bonds. The first kappa shape index (κ1) is 16.7. The van der Waals surface area contributed by atoms with Crippen molar-refractivity contribution < 1.29 is 14.7 Å². The van der Waals surface area contributed by atoms with Crippen LogP contribution in [0.1, 0.15) is 34.8 Å². The largest absolute Gasteiger partial charge is 0.395 e. The number of aliphatic hydroxyl groups is 1. The smallest absolute Gasteiger partial charge is 0.251 e. The highest BCUT2D eigenvalue weighted by molar-refractivity contribution is 5.97. The lowest BCUT2D eigenvalue weighted by molar-refractivity contribution is -0.122. The van der Waals surface area contributed by atoms with Gasteiger partial charge >= 0.3 is 0 Å². The number of hydrogen-bond acceptors (Lipinski definition) is 3. The van der Waals surface area contributed by atoms with E-state index in [1.807, 2.05) is 13.0 Å². The lowest BCUT2D eigenvalue weighted by Crippen LogP contribution is -2.43. The molecule has 0 aliphatic rings. The second-order valence-corrected chi connectivity index (χ2v) is 4.61. The Morgan fingerprint density at radius 3 is 2.71 bits per heavy atom. The molecule has 0 bridgehead atoms. The van der Waals surface area contributed by atoms with Crippen molar-refractivity contribution in [3.63, 3.8) is 0 Å². The third kappa shape index (κ3) is 4.93. The highest BCUT2D eigenvalue weighted by Gasteiger charge is 2.15. The number of nitrogens with one attached hydrogen (secondary N) is 2.